The molecule has 0 bridgehead atoms. The van der Waals surface area contributed by atoms with Crippen molar-refractivity contribution < 1.29 is 13.9 Å². The van der Waals surface area contributed by atoms with E-state index >= 15 is 0 Å². The van der Waals surface area contributed by atoms with Gasteiger partial charge >= 0.3 is 0 Å². The lowest BCUT2D eigenvalue weighted by Gasteiger charge is -2.36. The van der Waals surface area contributed by atoms with Crippen LogP contribution in [0.3, 0.4) is 0 Å². The van der Waals surface area contributed by atoms with Gasteiger partial charge in [0.25, 0.3) is 5.92 Å². The van der Waals surface area contributed by atoms with Crippen LogP contribution in [0.5, 0.6) is 0 Å². The topological polar surface area (TPSA) is 20.2 Å². The van der Waals surface area contributed by atoms with Gasteiger partial charge in [-0.1, -0.05) is 51.1 Å². The predicted molar refractivity (Wildman–Crippen MR) is 79.0 cm³/mol. The molecule has 1 aromatic rings. The van der Waals surface area contributed by atoms with Gasteiger partial charge in [-0.2, -0.15) is 0 Å². The molecule has 20 heavy (non-hydrogen) atoms. The Morgan fingerprint density at radius 3 is 2.20 bits per heavy atom. The predicted octanol–water partition coefficient (Wildman–Crippen LogP) is 4.83. The first-order chi connectivity index (χ1) is 9.31. The van der Waals surface area contributed by atoms with Crippen LogP contribution in [0.25, 0.3) is 0 Å². The zero-order valence-electron chi connectivity index (χ0n) is 12.7. The molecule has 114 valence electrons. The van der Waals surface area contributed by atoms with Crippen LogP contribution in [-0.4, -0.2) is 16.6 Å². The number of alkyl halides is 2. The fraction of sp³-hybridized carbons (Fsp3) is 0.647. The molecule has 3 heteroatoms. The van der Waals surface area contributed by atoms with Crippen LogP contribution < -0.4 is 0 Å². The average molecular weight is 284 g/mol. The number of benzene rings is 1. The molecule has 0 saturated carbocycles. The fourth-order valence-corrected chi connectivity index (χ4v) is 2.32. The minimum absolute atomic E-state index is 0.0743. The van der Waals surface area contributed by atoms with E-state index in [0.717, 1.165) is 5.56 Å². The summed E-state index contributed by atoms with van der Waals surface area (Å²) < 4.78 is 28.6. The number of hydrogen-bond acceptors (Lipinski definition) is 1. The third kappa shape index (κ3) is 4.55. The standard InChI is InChI=1S/C17H26F2O/c1-4-16(20,17(18,19)13-10-14(2)3)12-11-15-8-6-5-7-9-15/h5-9,14,20H,4,10-13H2,1-3H3. The average Bonchev–Trinajstić information content (AvgIpc) is 2.43. The normalized spacial score (nSPS) is 15.3. The van der Waals surface area contributed by atoms with Gasteiger partial charge in [-0.3, -0.25) is 0 Å². The summed E-state index contributed by atoms with van der Waals surface area (Å²) in [4.78, 5) is 0. The minimum Gasteiger partial charge on any atom is -0.384 e. The SMILES string of the molecule is CCC(O)(CCc1ccccc1)C(F)(F)CCC(C)C. The van der Waals surface area contributed by atoms with Crippen molar-refractivity contribution in [3.63, 3.8) is 0 Å². The maximum atomic E-state index is 14.3. The van der Waals surface area contributed by atoms with Gasteiger partial charge in [-0.25, -0.2) is 8.78 Å². The lowest BCUT2D eigenvalue weighted by atomic mass is 9.83. The van der Waals surface area contributed by atoms with Gasteiger partial charge in [0.05, 0.1) is 0 Å². The van der Waals surface area contributed by atoms with Gasteiger partial charge in [0.2, 0.25) is 0 Å². The van der Waals surface area contributed by atoms with Crippen LogP contribution in [-0.2, 0) is 6.42 Å². The molecular weight excluding hydrogens is 258 g/mol. The van der Waals surface area contributed by atoms with E-state index in [-0.39, 0.29) is 25.2 Å². The highest BCUT2D eigenvalue weighted by Gasteiger charge is 2.50. The van der Waals surface area contributed by atoms with Gasteiger partial charge in [-0.05, 0) is 37.2 Å². The molecule has 0 heterocycles. The molecule has 0 aromatic heterocycles. The maximum absolute atomic E-state index is 14.3. The van der Waals surface area contributed by atoms with Crippen molar-refractivity contribution in [3.8, 4) is 0 Å². The number of hydrogen-bond donors (Lipinski definition) is 1. The number of aryl methyl sites for hydroxylation is 1. The quantitative estimate of drug-likeness (QED) is 0.724. The highest BCUT2D eigenvalue weighted by molar-refractivity contribution is 5.15. The van der Waals surface area contributed by atoms with E-state index in [1.54, 1.807) is 6.92 Å². The second kappa shape index (κ2) is 7.16. The molecule has 1 aromatic carbocycles. The van der Waals surface area contributed by atoms with Crippen molar-refractivity contribution in [2.24, 2.45) is 5.92 Å². The molecule has 0 aliphatic rings. The van der Waals surface area contributed by atoms with Crippen LogP contribution in [0, 0.1) is 5.92 Å². The Hall–Kier alpha value is -0.960. The molecule has 1 nitrogen and oxygen atoms in total. The van der Waals surface area contributed by atoms with Gasteiger partial charge < -0.3 is 5.11 Å². The van der Waals surface area contributed by atoms with E-state index < -0.39 is 11.5 Å². The smallest absolute Gasteiger partial charge is 0.276 e. The Morgan fingerprint density at radius 2 is 1.70 bits per heavy atom. The van der Waals surface area contributed by atoms with Crippen LogP contribution in [0.4, 0.5) is 8.78 Å². The first-order valence-electron chi connectivity index (χ1n) is 7.45. The van der Waals surface area contributed by atoms with E-state index in [1.165, 1.54) is 0 Å². The Kier molecular flexibility index (Phi) is 6.12. The molecule has 0 spiro atoms. The van der Waals surface area contributed by atoms with Crippen molar-refractivity contribution in [3.05, 3.63) is 35.9 Å². The second-order valence-electron chi connectivity index (χ2n) is 6.01. The van der Waals surface area contributed by atoms with E-state index in [2.05, 4.69) is 0 Å². The van der Waals surface area contributed by atoms with Crippen molar-refractivity contribution >= 4 is 0 Å². The van der Waals surface area contributed by atoms with Crippen LogP contribution in [0.1, 0.15) is 52.0 Å². The Morgan fingerprint density at radius 1 is 1.10 bits per heavy atom. The summed E-state index contributed by atoms with van der Waals surface area (Å²) in [5, 5.41) is 10.4. The summed E-state index contributed by atoms with van der Waals surface area (Å²) in [6, 6.07) is 9.48. The molecule has 1 N–H and O–H groups in total. The molecule has 1 atom stereocenters. The summed E-state index contributed by atoms with van der Waals surface area (Å²) in [5.41, 5.74) is -0.920. The van der Waals surface area contributed by atoms with E-state index in [9.17, 15) is 13.9 Å². The van der Waals surface area contributed by atoms with Crippen molar-refractivity contribution in [1.29, 1.82) is 0 Å². The maximum Gasteiger partial charge on any atom is 0.276 e. The summed E-state index contributed by atoms with van der Waals surface area (Å²) in [5.74, 6) is -2.81. The zero-order chi connectivity index (χ0) is 15.2. The monoisotopic (exact) mass is 284 g/mol. The summed E-state index contributed by atoms with van der Waals surface area (Å²) in [7, 11) is 0. The van der Waals surface area contributed by atoms with Gasteiger partial charge in [0, 0.05) is 6.42 Å². The van der Waals surface area contributed by atoms with E-state index in [1.807, 2.05) is 44.2 Å². The summed E-state index contributed by atoms with van der Waals surface area (Å²) in [6.45, 7) is 5.48. The highest BCUT2D eigenvalue weighted by atomic mass is 19.3. The number of aliphatic hydroxyl groups is 1. The second-order valence-corrected chi connectivity index (χ2v) is 6.01. The third-order valence-electron chi connectivity index (χ3n) is 3.97. The van der Waals surface area contributed by atoms with Crippen molar-refractivity contribution in [2.75, 3.05) is 0 Å². The highest BCUT2D eigenvalue weighted by Crippen LogP contribution is 2.39. The Labute approximate surface area is 121 Å². The molecule has 0 radical (unpaired) electrons. The first-order valence-corrected chi connectivity index (χ1v) is 7.45. The van der Waals surface area contributed by atoms with Gasteiger partial charge in [0.1, 0.15) is 5.60 Å². The van der Waals surface area contributed by atoms with Crippen LogP contribution >= 0.6 is 0 Å². The molecular formula is C17H26F2O. The first kappa shape index (κ1) is 17.1. The Balaban J connectivity index is 2.69. The third-order valence-corrected chi connectivity index (χ3v) is 3.97. The molecule has 0 amide bonds. The number of halogens is 2. The molecule has 0 aliphatic carbocycles. The fourth-order valence-electron chi connectivity index (χ4n) is 2.32. The van der Waals surface area contributed by atoms with Crippen molar-refractivity contribution in [1.82, 2.24) is 0 Å². The number of rotatable bonds is 8. The lowest BCUT2D eigenvalue weighted by molar-refractivity contribution is -0.191. The van der Waals surface area contributed by atoms with Crippen molar-refractivity contribution in [2.45, 2.75) is 64.4 Å². The zero-order valence-corrected chi connectivity index (χ0v) is 12.7. The van der Waals surface area contributed by atoms with Crippen LogP contribution in [0.15, 0.2) is 30.3 Å². The summed E-state index contributed by atoms with van der Waals surface area (Å²) in [6.07, 6.45) is 0.830. The minimum atomic E-state index is -3.03. The summed E-state index contributed by atoms with van der Waals surface area (Å²) >= 11 is 0. The lowest BCUT2D eigenvalue weighted by Crippen LogP contribution is -2.48. The largest absolute Gasteiger partial charge is 0.384 e. The molecule has 0 fully saturated rings. The molecule has 1 unspecified atom stereocenters. The molecule has 0 saturated heterocycles. The van der Waals surface area contributed by atoms with Gasteiger partial charge in [-0.15, -0.1) is 0 Å². The Bertz CT molecular complexity index is 389. The van der Waals surface area contributed by atoms with Gasteiger partial charge in [0.15, 0.2) is 0 Å². The van der Waals surface area contributed by atoms with E-state index in [4.69, 9.17) is 0 Å². The van der Waals surface area contributed by atoms with Crippen LogP contribution in [0.2, 0.25) is 0 Å². The molecule has 0 aliphatic heterocycles. The van der Waals surface area contributed by atoms with E-state index in [0.29, 0.717) is 12.8 Å². The molecule has 1 rings (SSSR count).